The van der Waals surface area contributed by atoms with Crippen LogP contribution < -0.4 is 0 Å². The predicted octanol–water partition coefficient (Wildman–Crippen LogP) is 1.47. The van der Waals surface area contributed by atoms with Crippen LogP contribution in [0, 0.1) is 16.7 Å². The zero-order valence-electron chi connectivity index (χ0n) is 9.69. The largest absolute Gasteiger partial charge is 0.369 e. The smallest absolute Gasteiger partial charge is 0.265 e. The zero-order valence-corrected chi connectivity index (χ0v) is 10.5. The molecule has 16 heavy (non-hydrogen) atoms. The van der Waals surface area contributed by atoms with Crippen molar-refractivity contribution >= 4 is 10.1 Å². The molecule has 3 rings (SSSR count). The summed E-state index contributed by atoms with van der Waals surface area (Å²) in [6.07, 6.45) is 2.90. The van der Waals surface area contributed by atoms with Gasteiger partial charge < -0.3 is 4.74 Å². The molecule has 2 bridgehead atoms. The number of hydrogen-bond acceptors (Lipinski definition) is 3. The number of fused-ring (bicyclic) bond motifs is 3. The van der Waals surface area contributed by atoms with Crippen molar-refractivity contribution in [3.05, 3.63) is 0 Å². The Morgan fingerprint density at radius 3 is 2.50 bits per heavy atom. The Hall–Kier alpha value is -0.130. The van der Waals surface area contributed by atoms with Crippen molar-refractivity contribution in [2.75, 3.05) is 12.4 Å². The van der Waals surface area contributed by atoms with Gasteiger partial charge in [-0.1, -0.05) is 13.8 Å². The molecule has 0 amide bonds. The van der Waals surface area contributed by atoms with E-state index < -0.39 is 10.1 Å². The molecule has 3 aliphatic rings. The average Bonchev–Trinajstić information content (AvgIpc) is 2.80. The molecule has 1 aliphatic heterocycles. The molecule has 3 atom stereocenters. The molecule has 3 fully saturated rings. The number of hydrogen-bond donors (Lipinski definition) is 1. The summed E-state index contributed by atoms with van der Waals surface area (Å²) in [5, 5.41) is 0. The molecule has 3 unspecified atom stereocenters. The van der Waals surface area contributed by atoms with Gasteiger partial charge in [-0.3, -0.25) is 4.55 Å². The van der Waals surface area contributed by atoms with Gasteiger partial charge in [-0.2, -0.15) is 8.42 Å². The van der Waals surface area contributed by atoms with Crippen LogP contribution in [0.15, 0.2) is 0 Å². The molecule has 4 nitrogen and oxygen atoms in total. The highest BCUT2D eigenvalue weighted by atomic mass is 32.2. The minimum absolute atomic E-state index is 0.0424. The monoisotopic (exact) mass is 246 g/mol. The Morgan fingerprint density at radius 1 is 1.44 bits per heavy atom. The Labute approximate surface area is 96.1 Å². The summed E-state index contributed by atoms with van der Waals surface area (Å²) < 4.78 is 37.3. The summed E-state index contributed by atoms with van der Waals surface area (Å²) in [5.74, 6) is 0.403. The molecule has 5 heteroatoms. The molecule has 0 aromatic rings. The minimum atomic E-state index is -3.93. The molecule has 1 heterocycles. The van der Waals surface area contributed by atoms with Crippen molar-refractivity contribution in [2.24, 2.45) is 16.7 Å². The fourth-order valence-corrected chi connectivity index (χ4v) is 5.84. The SMILES string of the molecule is CC1(C)C2CCC1(CS(=O)(=O)O)C1(CO1)C2. The molecular formula is C11H18O4S. The lowest BCUT2D eigenvalue weighted by Gasteiger charge is -2.40. The molecule has 1 N–H and O–H groups in total. The van der Waals surface area contributed by atoms with Crippen molar-refractivity contribution in [1.82, 2.24) is 0 Å². The second kappa shape index (κ2) is 2.65. The highest BCUT2D eigenvalue weighted by molar-refractivity contribution is 7.85. The maximum Gasteiger partial charge on any atom is 0.265 e. The lowest BCUT2D eigenvalue weighted by atomic mass is 9.66. The first-order valence-electron chi connectivity index (χ1n) is 5.82. The summed E-state index contributed by atoms with van der Waals surface area (Å²) in [6, 6.07) is 0. The first kappa shape index (κ1) is 11.0. The number of ether oxygens (including phenoxy) is 1. The van der Waals surface area contributed by atoms with Crippen molar-refractivity contribution < 1.29 is 17.7 Å². The van der Waals surface area contributed by atoms with Crippen molar-refractivity contribution in [3.8, 4) is 0 Å². The Balaban J connectivity index is 2.08. The first-order chi connectivity index (χ1) is 7.23. The van der Waals surface area contributed by atoms with Crippen LogP contribution in [0.3, 0.4) is 0 Å². The van der Waals surface area contributed by atoms with Gasteiger partial charge in [-0.15, -0.1) is 0 Å². The Kier molecular flexibility index (Phi) is 1.82. The third-order valence-electron chi connectivity index (χ3n) is 5.54. The molecule has 92 valence electrons. The lowest BCUT2D eigenvalue weighted by molar-refractivity contribution is 0.0716. The predicted molar refractivity (Wildman–Crippen MR) is 58.7 cm³/mol. The van der Waals surface area contributed by atoms with Gasteiger partial charge in [0, 0.05) is 5.41 Å². The van der Waals surface area contributed by atoms with E-state index in [1.54, 1.807) is 0 Å². The van der Waals surface area contributed by atoms with Gasteiger partial charge in [0.15, 0.2) is 0 Å². The maximum absolute atomic E-state index is 11.3. The van der Waals surface area contributed by atoms with Crippen LogP contribution in [-0.4, -0.2) is 30.9 Å². The Morgan fingerprint density at radius 2 is 2.06 bits per heavy atom. The second-order valence-electron chi connectivity index (χ2n) is 6.25. The van der Waals surface area contributed by atoms with Gasteiger partial charge in [0.2, 0.25) is 0 Å². The van der Waals surface area contributed by atoms with E-state index in [2.05, 4.69) is 13.8 Å². The van der Waals surface area contributed by atoms with E-state index in [4.69, 9.17) is 4.74 Å². The molecular weight excluding hydrogens is 228 g/mol. The van der Waals surface area contributed by atoms with Crippen LogP contribution in [0.2, 0.25) is 0 Å². The molecule has 1 saturated heterocycles. The summed E-state index contributed by atoms with van der Waals surface area (Å²) >= 11 is 0. The van der Waals surface area contributed by atoms with Crippen LogP contribution in [0.25, 0.3) is 0 Å². The van der Waals surface area contributed by atoms with Gasteiger partial charge >= 0.3 is 0 Å². The van der Waals surface area contributed by atoms with Crippen LogP contribution >= 0.6 is 0 Å². The van der Waals surface area contributed by atoms with Crippen LogP contribution in [0.4, 0.5) is 0 Å². The van der Waals surface area contributed by atoms with Gasteiger partial charge in [-0.05, 0) is 30.6 Å². The number of epoxide rings is 1. The van der Waals surface area contributed by atoms with Crippen LogP contribution in [-0.2, 0) is 14.9 Å². The van der Waals surface area contributed by atoms with E-state index in [-0.39, 0.29) is 22.2 Å². The lowest BCUT2D eigenvalue weighted by Crippen LogP contribution is -2.46. The highest BCUT2D eigenvalue weighted by Crippen LogP contribution is 2.74. The van der Waals surface area contributed by atoms with Crippen LogP contribution in [0.1, 0.15) is 33.1 Å². The molecule has 0 aromatic carbocycles. The minimum Gasteiger partial charge on any atom is -0.369 e. The molecule has 0 radical (unpaired) electrons. The molecule has 1 spiro atoms. The van der Waals surface area contributed by atoms with Crippen molar-refractivity contribution in [3.63, 3.8) is 0 Å². The average molecular weight is 246 g/mol. The van der Waals surface area contributed by atoms with E-state index in [0.29, 0.717) is 12.5 Å². The van der Waals surface area contributed by atoms with Gasteiger partial charge in [0.25, 0.3) is 10.1 Å². The normalized spacial score (nSPS) is 48.8. The standard InChI is InChI=1S/C11H18O4S/c1-9(2)8-3-4-10(9,7-16(12,13)14)11(5-8)6-15-11/h8H,3-7H2,1-2H3,(H,12,13,14). The second-order valence-corrected chi connectivity index (χ2v) is 7.71. The first-order valence-corrected chi connectivity index (χ1v) is 7.43. The quantitative estimate of drug-likeness (QED) is 0.592. The third kappa shape index (κ3) is 1.09. The van der Waals surface area contributed by atoms with Crippen LogP contribution in [0.5, 0.6) is 0 Å². The maximum atomic E-state index is 11.3. The fourth-order valence-electron chi connectivity index (χ4n) is 4.44. The summed E-state index contributed by atoms with van der Waals surface area (Å²) in [6.45, 7) is 4.93. The topological polar surface area (TPSA) is 66.9 Å². The molecule has 0 aromatic heterocycles. The third-order valence-corrected chi connectivity index (χ3v) is 6.40. The van der Waals surface area contributed by atoms with Crippen molar-refractivity contribution in [1.29, 1.82) is 0 Å². The van der Waals surface area contributed by atoms with E-state index in [0.717, 1.165) is 19.3 Å². The van der Waals surface area contributed by atoms with Gasteiger partial charge in [-0.25, -0.2) is 0 Å². The van der Waals surface area contributed by atoms with E-state index >= 15 is 0 Å². The number of rotatable bonds is 2. The molecule has 2 saturated carbocycles. The Bertz CT molecular complexity index is 435. The summed E-state index contributed by atoms with van der Waals surface area (Å²) in [4.78, 5) is 0. The molecule has 2 aliphatic carbocycles. The zero-order chi connectivity index (χ0) is 11.8. The van der Waals surface area contributed by atoms with E-state index in [1.807, 2.05) is 0 Å². The van der Waals surface area contributed by atoms with E-state index in [9.17, 15) is 13.0 Å². The van der Waals surface area contributed by atoms with Gasteiger partial charge in [0.1, 0.15) is 0 Å². The van der Waals surface area contributed by atoms with E-state index in [1.165, 1.54) is 0 Å². The summed E-state index contributed by atoms with van der Waals surface area (Å²) in [7, 11) is -3.93. The highest BCUT2D eigenvalue weighted by Gasteiger charge is 2.77. The summed E-state index contributed by atoms with van der Waals surface area (Å²) in [5.41, 5.74) is -0.646. The van der Waals surface area contributed by atoms with Gasteiger partial charge in [0.05, 0.1) is 18.0 Å². The fraction of sp³-hybridized carbons (Fsp3) is 1.00. The van der Waals surface area contributed by atoms with Crippen molar-refractivity contribution in [2.45, 2.75) is 38.7 Å².